The molecule has 0 aliphatic carbocycles. The van der Waals surface area contributed by atoms with Gasteiger partial charge < -0.3 is 28.4 Å². The van der Waals surface area contributed by atoms with Crippen LogP contribution in [0.15, 0.2) is 60.7 Å². The van der Waals surface area contributed by atoms with Crippen LogP contribution in [0.1, 0.15) is 25.0 Å². The van der Waals surface area contributed by atoms with Crippen molar-refractivity contribution in [3.8, 4) is 0 Å². The molecule has 206 valence electrons. The smallest absolute Gasteiger partial charge is 0.303 e. The summed E-state index contributed by atoms with van der Waals surface area (Å²) >= 11 is 17.5. The second kappa shape index (κ2) is 14.1. The van der Waals surface area contributed by atoms with Crippen LogP contribution in [0.25, 0.3) is 0 Å². The van der Waals surface area contributed by atoms with Crippen LogP contribution in [-0.2, 0) is 51.2 Å². The molecular formula is C26H28Cl3NO8. The van der Waals surface area contributed by atoms with Gasteiger partial charge in [0, 0.05) is 13.8 Å². The molecule has 1 saturated heterocycles. The number of benzene rings is 2. The average molecular weight is 589 g/mol. The van der Waals surface area contributed by atoms with Gasteiger partial charge in [0.2, 0.25) is 12.2 Å². The Labute approximate surface area is 235 Å². The Kier molecular flexibility index (Phi) is 11.2. The molecular weight excluding hydrogens is 561 g/mol. The molecule has 0 bridgehead atoms. The largest absolute Gasteiger partial charge is 0.463 e. The molecule has 1 N–H and O–H groups in total. The van der Waals surface area contributed by atoms with Gasteiger partial charge in [-0.25, -0.2) is 0 Å². The maximum Gasteiger partial charge on any atom is 0.303 e. The van der Waals surface area contributed by atoms with E-state index < -0.39 is 52.3 Å². The first kappa shape index (κ1) is 30.1. The van der Waals surface area contributed by atoms with E-state index in [0.717, 1.165) is 11.1 Å². The van der Waals surface area contributed by atoms with Crippen molar-refractivity contribution in [1.82, 2.24) is 0 Å². The van der Waals surface area contributed by atoms with Gasteiger partial charge in [-0.15, -0.1) is 0 Å². The lowest BCUT2D eigenvalue weighted by Crippen LogP contribution is -2.62. The second-order valence-corrected chi connectivity index (χ2v) is 10.7. The molecule has 5 atom stereocenters. The quantitative estimate of drug-likeness (QED) is 0.183. The van der Waals surface area contributed by atoms with Gasteiger partial charge in [-0.1, -0.05) is 95.5 Å². The molecule has 1 aliphatic rings. The minimum Gasteiger partial charge on any atom is -0.463 e. The first-order valence-electron chi connectivity index (χ1n) is 11.6. The van der Waals surface area contributed by atoms with Gasteiger partial charge in [-0.05, 0) is 11.1 Å². The van der Waals surface area contributed by atoms with Gasteiger partial charge in [0.25, 0.3) is 3.79 Å². The highest BCUT2D eigenvalue weighted by atomic mass is 35.6. The fraction of sp³-hybridized carbons (Fsp3) is 0.423. The summed E-state index contributed by atoms with van der Waals surface area (Å²) in [6, 6.07) is 18.5. The molecule has 3 unspecified atom stereocenters. The van der Waals surface area contributed by atoms with Gasteiger partial charge in [0.1, 0.15) is 18.8 Å². The number of alkyl halides is 3. The van der Waals surface area contributed by atoms with Crippen LogP contribution in [0.3, 0.4) is 0 Å². The number of carbonyl (C=O) groups is 2. The molecule has 12 heteroatoms. The number of carbonyl (C=O) groups excluding carboxylic acids is 2. The fourth-order valence-corrected chi connectivity index (χ4v) is 3.86. The predicted octanol–water partition coefficient (Wildman–Crippen LogP) is 4.74. The number of halogens is 3. The molecule has 38 heavy (non-hydrogen) atoms. The average Bonchev–Trinajstić information content (AvgIpc) is 2.86. The van der Waals surface area contributed by atoms with Crippen LogP contribution in [0.5, 0.6) is 0 Å². The fourth-order valence-electron chi connectivity index (χ4n) is 3.73. The molecule has 2 aromatic carbocycles. The van der Waals surface area contributed by atoms with Crippen molar-refractivity contribution in [2.45, 2.75) is 61.6 Å². The van der Waals surface area contributed by atoms with Crippen molar-refractivity contribution in [3.63, 3.8) is 0 Å². The third kappa shape index (κ3) is 9.11. The van der Waals surface area contributed by atoms with Crippen molar-refractivity contribution in [2.24, 2.45) is 0 Å². The molecule has 1 aliphatic heterocycles. The third-order valence-corrected chi connectivity index (χ3v) is 5.92. The molecule has 9 nitrogen and oxygen atoms in total. The van der Waals surface area contributed by atoms with E-state index in [1.165, 1.54) is 13.8 Å². The molecule has 0 radical (unpaired) electrons. The highest BCUT2D eigenvalue weighted by Crippen LogP contribution is 2.34. The zero-order valence-corrected chi connectivity index (χ0v) is 22.9. The summed E-state index contributed by atoms with van der Waals surface area (Å²) in [4.78, 5) is 23.8. The Bertz CT molecular complexity index is 1070. The van der Waals surface area contributed by atoms with Crippen LogP contribution in [0.4, 0.5) is 0 Å². The summed E-state index contributed by atoms with van der Waals surface area (Å²) in [5.41, 5.74) is 1.66. The Morgan fingerprint density at radius 1 is 0.816 bits per heavy atom. The molecule has 0 saturated carbocycles. The van der Waals surface area contributed by atoms with Crippen LogP contribution in [0.2, 0.25) is 0 Å². The van der Waals surface area contributed by atoms with E-state index in [1.807, 2.05) is 60.7 Å². The topological polar surface area (TPSA) is 113 Å². The Balaban J connectivity index is 1.95. The molecule has 0 aromatic heterocycles. The van der Waals surface area contributed by atoms with Crippen molar-refractivity contribution < 1.29 is 38.0 Å². The maximum absolute atomic E-state index is 12.2. The summed E-state index contributed by atoms with van der Waals surface area (Å²) in [6.45, 7) is 2.42. The number of ether oxygens (including phenoxy) is 6. The first-order chi connectivity index (χ1) is 18.0. The number of hydrogen-bond acceptors (Lipinski definition) is 9. The molecule has 3 rings (SSSR count). The second-order valence-electron chi connectivity index (χ2n) is 8.39. The zero-order valence-electron chi connectivity index (χ0n) is 20.7. The molecule has 1 heterocycles. The van der Waals surface area contributed by atoms with E-state index in [4.69, 9.17) is 68.6 Å². The highest BCUT2D eigenvalue weighted by molar-refractivity contribution is 6.76. The lowest BCUT2D eigenvalue weighted by atomic mass is 9.98. The van der Waals surface area contributed by atoms with Gasteiger partial charge in [-0.2, -0.15) is 0 Å². The summed E-state index contributed by atoms with van der Waals surface area (Å²) in [5, 5.41) is 8.07. The minimum atomic E-state index is -2.20. The van der Waals surface area contributed by atoms with Gasteiger partial charge in [0.15, 0.2) is 12.2 Å². The molecule has 0 spiro atoms. The van der Waals surface area contributed by atoms with E-state index in [2.05, 4.69) is 0 Å². The lowest BCUT2D eigenvalue weighted by Gasteiger charge is -2.45. The van der Waals surface area contributed by atoms with Gasteiger partial charge in [0.05, 0.1) is 13.2 Å². The molecule has 2 aromatic rings. The van der Waals surface area contributed by atoms with E-state index in [9.17, 15) is 9.59 Å². The zero-order chi connectivity index (χ0) is 27.7. The maximum atomic E-state index is 12.2. The van der Waals surface area contributed by atoms with Gasteiger partial charge in [-0.3, -0.25) is 15.0 Å². The van der Waals surface area contributed by atoms with Crippen LogP contribution >= 0.6 is 34.8 Å². The number of hydrogen-bond donors (Lipinski definition) is 1. The van der Waals surface area contributed by atoms with E-state index >= 15 is 0 Å². The molecule has 1 fully saturated rings. The number of nitrogens with one attached hydrogen (secondary N) is 1. The lowest BCUT2D eigenvalue weighted by molar-refractivity contribution is -0.305. The normalized spacial score (nSPS) is 23.3. The summed E-state index contributed by atoms with van der Waals surface area (Å²) in [5.74, 6) is -1.93. The van der Waals surface area contributed by atoms with E-state index in [0.29, 0.717) is 0 Å². The van der Waals surface area contributed by atoms with Gasteiger partial charge >= 0.3 is 11.9 Å². The van der Waals surface area contributed by atoms with Crippen LogP contribution in [-0.4, -0.2) is 58.9 Å². The number of esters is 2. The molecule has 0 amide bonds. The Morgan fingerprint density at radius 3 is 1.82 bits per heavy atom. The predicted molar refractivity (Wildman–Crippen MR) is 140 cm³/mol. The number of rotatable bonds is 10. The van der Waals surface area contributed by atoms with Crippen LogP contribution in [0, 0.1) is 5.41 Å². The van der Waals surface area contributed by atoms with Crippen molar-refractivity contribution in [1.29, 1.82) is 5.41 Å². The first-order valence-corrected chi connectivity index (χ1v) is 12.8. The van der Waals surface area contributed by atoms with Crippen molar-refractivity contribution in [3.05, 3.63) is 71.8 Å². The highest BCUT2D eigenvalue weighted by Gasteiger charge is 2.52. The Morgan fingerprint density at radius 2 is 1.34 bits per heavy atom. The SMILES string of the molecule is CC(=O)OCC1O[C@H](OC(=N)C(Cl)(Cl)Cl)C(OCc2ccccc2)C(OC(C)=O)[C@@H]1OCc1ccccc1. The monoisotopic (exact) mass is 587 g/mol. The van der Waals surface area contributed by atoms with E-state index in [1.54, 1.807) is 0 Å². The Hall–Kier alpha value is -2.40. The van der Waals surface area contributed by atoms with Crippen molar-refractivity contribution >= 4 is 52.6 Å². The summed E-state index contributed by atoms with van der Waals surface area (Å²) in [6.07, 6.45) is -5.57. The van der Waals surface area contributed by atoms with Crippen LogP contribution < -0.4 is 0 Å². The minimum absolute atomic E-state index is 0.0770. The summed E-state index contributed by atoms with van der Waals surface area (Å²) < 4.78 is 32.6. The van der Waals surface area contributed by atoms with E-state index in [-0.39, 0.29) is 19.8 Å². The third-order valence-electron chi connectivity index (χ3n) is 5.41. The summed E-state index contributed by atoms with van der Waals surface area (Å²) in [7, 11) is 0. The van der Waals surface area contributed by atoms with Crippen molar-refractivity contribution in [2.75, 3.05) is 6.61 Å². The standard InChI is InChI=1S/C26H28Cl3NO8/c1-16(31)33-15-20-21(34-13-18-9-5-3-6-10-18)22(36-17(2)32)23(35-14-19-11-7-4-8-12-19)24(37-20)38-25(30)26(27,28)29/h3-12,20-24,30H,13-15H2,1-2H3/t20?,21-,22?,23?,24-/m1/s1.